The van der Waals surface area contributed by atoms with Crippen molar-refractivity contribution in [3.8, 4) is 0 Å². The van der Waals surface area contributed by atoms with E-state index in [9.17, 15) is 14.0 Å². The van der Waals surface area contributed by atoms with E-state index in [-0.39, 0.29) is 22.6 Å². The van der Waals surface area contributed by atoms with Crippen molar-refractivity contribution < 1.29 is 14.0 Å². The molecule has 0 aliphatic carbocycles. The van der Waals surface area contributed by atoms with Gasteiger partial charge in [-0.2, -0.15) is 0 Å². The molecule has 0 bridgehead atoms. The quantitative estimate of drug-likeness (QED) is 0.596. The van der Waals surface area contributed by atoms with E-state index in [1.54, 1.807) is 24.3 Å². The van der Waals surface area contributed by atoms with Gasteiger partial charge in [0.05, 0.1) is 5.02 Å². The summed E-state index contributed by atoms with van der Waals surface area (Å²) >= 11 is 5.71. The molecule has 0 aliphatic rings. The Kier molecular flexibility index (Phi) is 5.81. The monoisotopic (exact) mass is 399 g/mol. The average molecular weight is 400 g/mol. The molecule has 0 radical (unpaired) electrons. The highest BCUT2D eigenvalue weighted by Crippen LogP contribution is 2.20. The summed E-state index contributed by atoms with van der Waals surface area (Å²) in [5.41, 5.74) is 1.80. The summed E-state index contributed by atoms with van der Waals surface area (Å²) in [5, 5.41) is 8.14. The Hall–Kier alpha value is -3.52. The fourth-order valence-corrected chi connectivity index (χ4v) is 2.46. The molecule has 0 spiro atoms. The number of hydrogen-bond acceptors (Lipinski definition) is 5. The molecule has 0 fully saturated rings. The molecular weight excluding hydrogens is 385 g/mol. The van der Waals surface area contributed by atoms with Gasteiger partial charge in [0, 0.05) is 30.2 Å². The molecule has 0 saturated heterocycles. The van der Waals surface area contributed by atoms with Gasteiger partial charge in [0.25, 0.3) is 5.91 Å². The molecule has 142 valence electrons. The first-order valence-electron chi connectivity index (χ1n) is 8.15. The summed E-state index contributed by atoms with van der Waals surface area (Å²) in [6, 6.07) is 12.2. The molecule has 0 saturated carbocycles. The number of halogens is 2. The van der Waals surface area contributed by atoms with Crippen LogP contribution < -0.4 is 16.0 Å². The Balaban J connectivity index is 1.70. The summed E-state index contributed by atoms with van der Waals surface area (Å²) in [4.78, 5) is 31.6. The standard InChI is InChI=1S/C19H15ClFN5O2/c1-11(27)23-12-2-4-13(5-3-12)25-19-22-9-8-17(26-19)18(28)24-14-6-7-16(21)15(20)10-14/h2-10H,1H3,(H,23,27)(H,24,28)(H,22,25,26). The van der Waals surface area contributed by atoms with E-state index in [2.05, 4.69) is 25.9 Å². The molecule has 0 atom stereocenters. The average Bonchev–Trinajstić information content (AvgIpc) is 2.66. The van der Waals surface area contributed by atoms with Crippen molar-refractivity contribution >= 4 is 46.4 Å². The molecule has 1 heterocycles. The lowest BCUT2D eigenvalue weighted by Gasteiger charge is -2.09. The first-order valence-corrected chi connectivity index (χ1v) is 8.52. The Morgan fingerprint density at radius 2 is 1.64 bits per heavy atom. The smallest absolute Gasteiger partial charge is 0.274 e. The van der Waals surface area contributed by atoms with E-state index in [4.69, 9.17) is 11.6 Å². The highest BCUT2D eigenvalue weighted by Gasteiger charge is 2.11. The normalized spacial score (nSPS) is 10.2. The number of nitrogens with zero attached hydrogens (tertiary/aromatic N) is 2. The van der Waals surface area contributed by atoms with Crippen LogP contribution in [0.3, 0.4) is 0 Å². The Morgan fingerprint density at radius 1 is 0.964 bits per heavy atom. The third-order valence-corrected chi connectivity index (χ3v) is 3.82. The molecule has 3 N–H and O–H groups in total. The van der Waals surface area contributed by atoms with Crippen LogP contribution in [0, 0.1) is 5.82 Å². The van der Waals surface area contributed by atoms with Gasteiger partial charge in [-0.15, -0.1) is 0 Å². The third-order valence-electron chi connectivity index (χ3n) is 3.53. The molecule has 3 aromatic rings. The second-order valence-corrected chi connectivity index (χ2v) is 6.14. The van der Waals surface area contributed by atoms with Crippen LogP contribution in [-0.2, 0) is 4.79 Å². The fourth-order valence-electron chi connectivity index (χ4n) is 2.28. The van der Waals surface area contributed by atoms with Crippen LogP contribution in [0.15, 0.2) is 54.7 Å². The van der Waals surface area contributed by atoms with Gasteiger partial charge < -0.3 is 16.0 Å². The number of carbonyl (C=O) groups is 2. The van der Waals surface area contributed by atoms with Crippen molar-refractivity contribution in [1.29, 1.82) is 0 Å². The summed E-state index contributed by atoms with van der Waals surface area (Å²) in [7, 11) is 0. The lowest BCUT2D eigenvalue weighted by atomic mass is 10.2. The van der Waals surface area contributed by atoms with Crippen molar-refractivity contribution in [2.75, 3.05) is 16.0 Å². The molecule has 3 rings (SSSR count). The zero-order valence-electron chi connectivity index (χ0n) is 14.7. The topological polar surface area (TPSA) is 96.0 Å². The van der Waals surface area contributed by atoms with E-state index in [0.717, 1.165) is 6.07 Å². The predicted molar refractivity (Wildman–Crippen MR) is 105 cm³/mol. The van der Waals surface area contributed by atoms with Crippen LogP contribution in [0.5, 0.6) is 0 Å². The molecule has 9 heteroatoms. The lowest BCUT2D eigenvalue weighted by Crippen LogP contribution is -2.14. The van der Waals surface area contributed by atoms with Gasteiger partial charge >= 0.3 is 0 Å². The largest absolute Gasteiger partial charge is 0.326 e. The minimum absolute atomic E-state index is 0.0921. The van der Waals surface area contributed by atoms with Crippen LogP contribution in [0.4, 0.5) is 27.4 Å². The molecule has 2 aromatic carbocycles. The number of benzene rings is 2. The maximum absolute atomic E-state index is 13.2. The van der Waals surface area contributed by atoms with Crippen LogP contribution in [0.25, 0.3) is 0 Å². The zero-order valence-corrected chi connectivity index (χ0v) is 15.4. The number of aromatic nitrogens is 2. The number of amides is 2. The van der Waals surface area contributed by atoms with Crippen LogP contribution in [-0.4, -0.2) is 21.8 Å². The van der Waals surface area contributed by atoms with Crippen molar-refractivity contribution in [3.05, 3.63) is 71.3 Å². The summed E-state index contributed by atoms with van der Waals surface area (Å²) < 4.78 is 13.2. The first kappa shape index (κ1) is 19.2. The van der Waals surface area contributed by atoms with Crippen molar-refractivity contribution in [2.24, 2.45) is 0 Å². The highest BCUT2D eigenvalue weighted by molar-refractivity contribution is 6.31. The lowest BCUT2D eigenvalue weighted by molar-refractivity contribution is -0.114. The molecule has 2 amide bonds. The molecule has 28 heavy (non-hydrogen) atoms. The van der Waals surface area contributed by atoms with Gasteiger partial charge in [0.1, 0.15) is 11.5 Å². The number of carbonyl (C=O) groups excluding carboxylic acids is 2. The highest BCUT2D eigenvalue weighted by atomic mass is 35.5. The Bertz CT molecular complexity index is 1030. The van der Waals surface area contributed by atoms with E-state index in [0.29, 0.717) is 17.1 Å². The van der Waals surface area contributed by atoms with E-state index >= 15 is 0 Å². The Morgan fingerprint density at radius 3 is 2.32 bits per heavy atom. The minimum atomic E-state index is -0.572. The number of nitrogens with one attached hydrogen (secondary N) is 3. The SMILES string of the molecule is CC(=O)Nc1ccc(Nc2nccc(C(=O)Nc3ccc(F)c(Cl)c3)n2)cc1. The van der Waals surface area contributed by atoms with Gasteiger partial charge in [-0.3, -0.25) is 9.59 Å². The van der Waals surface area contributed by atoms with Crippen molar-refractivity contribution in [1.82, 2.24) is 9.97 Å². The number of anilines is 4. The molecule has 7 nitrogen and oxygen atoms in total. The first-order chi connectivity index (χ1) is 13.4. The molecule has 1 aromatic heterocycles. The summed E-state index contributed by atoms with van der Waals surface area (Å²) in [5.74, 6) is -1.01. The zero-order chi connectivity index (χ0) is 20.1. The second-order valence-electron chi connectivity index (χ2n) is 5.73. The molecular formula is C19H15ClFN5O2. The van der Waals surface area contributed by atoms with Crippen molar-refractivity contribution in [3.63, 3.8) is 0 Å². The van der Waals surface area contributed by atoms with Gasteiger partial charge in [0.15, 0.2) is 0 Å². The van der Waals surface area contributed by atoms with Crippen LogP contribution in [0.2, 0.25) is 5.02 Å². The Labute approximate surface area is 165 Å². The fraction of sp³-hybridized carbons (Fsp3) is 0.0526. The van der Waals surface area contributed by atoms with Crippen molar-refractivity contribution in [2.45, 2.75) is 6.92 Å². The number of hydrogen-bond donors (Lipinski definition) is 3. The summed E-state index contributed by atoms with van der Waals surface area (Å²) in [6.07, 6.45) is 1.44. The van der Waals surface area contributed by atoms with E-state index in [1.165, 1.54) is 31.3 Å². The van der Waals surface area contributed by atoms with Gasteiger partial charge in [-0.05, 0) is 48.5 Å². The van der Waals surface area contributed by atoms with E-state index < -0.39 is 11.7 Å². The second kappa shape index (κ2) is 8.45. The molecule has 0 aliphatic heterocycles. The van der Waals surface area contributed by atoms with Gasteiger partial charge in [0.2, 0.25) is 11.9 Å². The summed E-state index contributed by atoms with van der Waals surface area (Å²) in [6.45, 7) is 1.43. The third kappa shape index (κ3) is 5.01. The van der Waals surface area contributed by atoms with Crippen LogP contribution >= 0.6 is 11.6 Å². The van der Waals surface area contributed by atoms with Gasteiger partial charge in [-0.25, -0.2) is 14.4 Å². The maximum Gasteiger partial charge on any atom is 0.274 e. The maximum atomic E-state index is 13.2. The van der Waals surface area contributed by atoms with Crippen LogP contribution in [0.1, 0.15) is 17.4 Å². The van der Waals surface area contributed by atoms with Gasteiger partial charge in [-0.1, -0.05) is 11.6 Å². The molecule has 0 unspecified atom stereocenters. The minimum Gasteiger partial charge on any atom is -0.326 e. The number of rotatable bonds is 5. The predicted octanol–water partition coefficient (Wildman–Crippen LogP) is 4.22. The van der Waals surface area contributed by atoms with E-state index in [1.807, 2.05) is 0 Å².